The summed E-state index contributed by atoms with van der Waals surface area (Å²) in [7, 11) is 1.60. The summed E-state index contributed by atoms with van der Waals surface area (Å²) in [6, 6.07) is 9.08. The number of carbonyl (C=O) groups is 1. The summed E-state index contributed by atoms with van der Waals surface area (Å²) < 4.78 is 5.12. The summed E-state index contributed by atoms with van der Waals surface area (Å²) in [5.74, 6) is 0.307. The van der Waals surface area contributed by atoms with Crippen molar-refractivity contribution in [1.82, 2.24) is 10.3 Å². The molecular weight excluding hydrogens is 336 g/mol. The monoisotopic (exact) mass is 356 g/mol. The molecule has 130 valence electrons. The molecule has 0 radical (unpaired) electrons. The maximum atomic E-state index is 12.3. The van der Waals surface area contributed by atoms with Gasteiger partial charge in [0.2, 0.25) is 0 Å². The molecule has 0 saturated heterocycles. The van der Waals surface area contributed by atoms with Crippen LogP contribution in [0.1, 0.15) is 29.1 Å². The van der Waals surface area contributed by atoms with Crippen molar-refractivity contribution in [2.75, 3.05) is 12.4 Å². The smallest absolute Gasteiger partial charge is 0.263 e. The second-order valence-corrected chi connectivity index (χ2v) is 6.65. The zero-order valence-corrected chi connectivity index (χ0v) is 15.4. The van der Waals surface area contributed by atoms with Crippen molar-refractivity contribution < 1.29 is 9.53 Å². The van der Waals surface area contributed by atoms with Crippen LogP contribution in [-0.2, 0) is 4.79 Å². The Morgan fingerprint density at radius 3 is 2.56 bits per heavy atom. The van der Waals surface area contributed by atoms with Gasteiger partial charge in [0.25, 0.3) is 5.91 Å². The van der Waals surface area contributed by atoms with Gasteiger partial charge < -0.3 is 15.4 Å². The first-order chi connectivity index (χ1) is 11.9. The number of aromatic nitrogens is 1. The molecule has 2 rings (SSSR count). The molecule has 7 heteroatoms. The van der Waals surface area contributed by atoms with Crippen LogP contribution in [0, 0.1) is 25.2 Å². The summed E-state index contributed by atoms with van der Waals surface area (Å²) in [5, 5.41) is 15.6. The fourth-order valence-electron chi connectivity index (χ4n) is 2.07. The van der Waals surface area contributed by atoms with Crippen molar-refractivity contribution in [2.45, 2.75) is 26.8 Å². The highest BCUT2D eigenvalue weighted by molar-refractivity contribution is 7.15. The van der Waals surface area contributed by atoms with E-state index in [1.807, 2.05) is 51.1 Å². The Morgan fingerprint density at radius 2 is 2.04 bits per heavy atom. The fraction of sp³-hybridized carbons (Fsp3) is 0.278. The molecule has 0 aliphatic heterocycles. The van der Waals surface area contributed by atoms with Gasteiger partial charge in [-0.05, 0) is 38.5 Å². The molecule has 6 nitrogen and oxygen atoms in total. The highest BCUT2D eigenvalue weighted by atomic mass is 32.1. The first-order valence-electron chi connectivity index (χ1n) is 7.70. The number of methoxy groups -OCH3 is 1. The molecule has 25 heavy (non-hydrogen) atoms. The molecule has 1 aromatic carbocycles. The maximum Gasteiger partial charge on any atom is 0.263 e. The largest absolute Gasteiger partial charge is 0.497 e. The second-order valence-electron chi connectivity index (χ2n) is 5.44. The first-order valence-corrected chi connectivity index (χ1v) is 8.52. The summed E-state index contributed by atoms with van der Waals surface area (Å²) in [4.78, 5) is 17.7. The zero-order chi connectivity index (χ0) is 18.4. The van der Waals surface area contributed by atoms with E-state index in [0.717, 1.165) is 21.9 Å². The number of thiazole rings is 1. The molecule has 2 aromatic rings. The topological polar surface area (TPSA) is 87.0 Å². The number of hydrogen-bond acceptors (Lipinski definition) is 6. The molecule has 2 N–H and O–H groups in total. The van der Waals surface area contributed by atoms with Crippen LogP contribution in [0.3, 0.4) is 0 Å². The van der Waals surface area contributed by atoms with Crippen LogP contribution in [0.25, 0.3) is 0 Å². The van der Waals surface area contributed by atoms with E-state index in [1.165, 1.54) is 17.5 Å². The molecule has 0 aliphatic carbocycles. The standard InChI is InChI=1S/C18H20N4O2S/c1-11-13(3)25-18(22-11)20-10-15(9-19)17(23)21-12(2)14-5-7-16(24-4)8-6-14/h5-8,10,12H,1-4H3,(H,20,22)(H,21,23)/b15-10-. The number of rotatable bonds is 6. The third-order valence-electron chi connectivity index (χ3n) is 3.70. The maximum absolute atomic E-state index is 12.3. The van der Waals surface area contributed by atoms with Crippen LogP contribution in [0.15, 0.2) is 36.0 Å². The Labute approximate surface area is 151 Å². The average molecular weight is 356 g/mol. The number of nitrogens with zero attached hydrogens (tertiary/aromatic N) is 2. The minimum Gasteiger partial charge on any atom is -0.497 e. The van der Waals surface area contributed by atoms with Gasteiger partial charge in [0.15, 0.2) is 5.13 Å². The van der Waals surface area contributed by atoms with E-state index >= 15 is 0 Å². The van der Waals surface area contributed by atoms with Crippen molar-refractivity contribution in [3.63, 3.8) is 0 Å². The Hall–Kier alpha value is -2.85. The van der Waals surface area contributed by atoms with Crippen LogP contribution in [0.5, 0.6) is 5.75 Å². The zero-order valence-electron chi connectivity index (χ0n) is 14.6. The van der Waals surface area contributed by atoms with Gasteiger partial charge in [-0.1, -0.05) is 12.1 Å². The van der Waals surface area contributed by atoms with Crippen molar-refractivity contribution in [1.29, 1.82) is 5.26 Å². The van der Waals surface area contributed by atoms with Crippen LogP contribution in [-0.4, -0.2) is 18.0 Å². The molecule has 0 bridgehead atoms. The Morgan fingerprint density at radius 1 is 1.36 bits per heavy atom. The van der Waals surface area contributed by atoms with Gasteiger partial charge in [0.1, 0.15) is 17.4 Å². The van der Waals surface area contributed by atoms with E-state index in [4.69, 9.17) is 4.74 Å². The van der Waals surface area contributed by atoms with Crippen molar-refractivity contribution >= 4 is 22.4 Å². The number of aryl methyl sites for hydroxylation is 2. The van der Waals surface area contributed by atoms with Crippen LogP contribution in [0.4, 0.5) is 5.13 Å². The van der Waals surface area contributed by atoms with Gasteiger partial charge in [0.05, 0.1) is 18.8 Å². The summed E-state index contributed by atoms with van der Waals surface area (Å²) in [6.07, 6.45) is 1.38. The van der Waals surface area contributed by atoms with E-state index in [-0.39, 0.29) is 11.6 Å². The summed E-state index contributed by atoms with van der Waals surface area (Å²) in [5.41, 5.74) is 1.84. The molecule has 0 saturated carbocycles. The lowest BCUT2D eigenvalue weighted by molar-refractivity contribution is -0.117. The average Bonchev–Trinajstić information content (AvgIpc) is 2.93. The SMILES string of the molecule is COc1ccc(C(C)NC(=O)/C(C#N)=C\Nc2nc(C)c(C)s2)cc1. The van der Waals surface area contributed by atoms with Gasteiger partial charge >= 0.3 is 0 Å². The van der Waals surface area contributed by atoms with E-state index in [2.05, 4.69) is 15.6 Å². The van der Waals surface area contributed by atoms with Gasteiger partial charge in [-0.15, -0.1) is 11.3 Å². The molecule has 0 aliphatic rings. The van der Waals surface area contributed by atoms with E-state index in [9.17, 15) is 10.1 Å². The molecule has 0 fully saturated rings. The minimum atomic E-state index is -0.441. The number of nitrogens with one attached hydrogen (secondary N) is 2. The number of carbonyl (C=O) groups excluding carboxylic acids is 1. The molecule has 1 atom stereocenters. The van der Waals surface area contributed by atoms with Crippen molar-refractivity contribution in [3.05, 3.63) is 52.2 Å². The number of ether oxygens (including phenoxy) is 1. The third kappa shape index (κ3) is 4.81. The quantitative estimate of drug-likeness (QED) is 0.611. The lowest BCUT2D eigenvalue weighted by Gasteiger charge is -2.14. The highest BCUT2D eigenvalue weighted by Crippen LogP contribution is 2.21. The lowest BCUT2D eigenvalue weighted by atomic mass is 10.1. The van der Waals surface area contributed by atoms with Gasteiger partial charge in [-0.25, -0.2) is 4.98 Å². The normalized spacial score (nSPS) is 12.2. The molecule has 1 unspecified atom stereocenters. The van der Waals surface area contributed by atoms with Crippen LogP contribution < -0.4 is 15.4 Å². The predicted octanol–water partition coefficient (Wildman–Crippen LogP) is 3.47. The molecule has 1 heterocycles. The molecule has 0 spiro atoms. The second kappa shape index (κ2) is 8.31. The Balaban J connectivity index is 2.03. The van der Waals surface area contributed by atoms with Crippen molar-refractivity contribution in [2.24, 2.45) is 0 Å². The minimum absolute atomic E-state index is 0.00846. The number of hydrogen-bond donors (Lipinski definition) is 2. The summed E-state index contributed by atoms with van der Waals surface area (Å²) in [6.45, 7) is 5.74. The number of benzene rings is 1. The third-order valence-corrected chi connectivity index (χ3v) is 4.70. The van der Waals surface area contributed by atoms with Crippen molar-refractivity contribution in [3.8, 4) is 11.8 Å². The van der Waals surface area contributed by atoms with Gasteiger partial charge in [-0.3, -0.25) is 4.79 Å². The molecule has 1 amide bonds. The molecular formula is C18H20N4O2S. The highest BCUT2D eigenvalue weighted by Gasteiger charge is 2.14. The van der Waals surface area contributed by atoms with Crippen LogP contribution >= 0.6 is 11.3 Å². The van der Waals surface area contributed by atoms with Gasteiger partial charge in [-0.2, -0.15) is 5.26 Å². The lowest BCUT2D eigenvalue weighted by Crippen LogP contribution is -2.28. The number of amides is 1. The summed E-state index contributed by atoms with van der Waals surface area (Å²) >= 11 is 1.47. The number of anilines is 1. The fourth-order valence-corrected chi connectivity index (χ4v) is 2.85. The Kier molecular flexibility index (Phi) is 6.14. The van der Waals surface area contributed by atoms with E-state index in [0.29, 0.717) is 5.13 Å². The molecule has 1 aromatic heterocycles. The predicted molar refractivity (Wildman–Crippen MR) is 98.5 cm³/mol. The van der Waals surface area contributed by atoms with E-state index in [1.54, 1.807) is 7.11 Å². The Bertz CT molecular complexity index is 799. The van der Waals surface area contributed by atoms with Gasteiger partial charge in [0, 0.05) is 11.1 Å². The van der Waals surface area contributed by atoms with Crippen LogP contribution in [0.2, 0.25) is 0 Å². The first kappa shape index (κ1) is 18.5. The number of nitriles is 1. The van der Waals surface area contributed by atoms with E-state index < -0.39 is 5.91 Å².